The molecule has 7 nitrogen and oxygen atoms in total. The van der Waals surface area contributed by atoms with Crippen LogP contribution in [0.5, 0.6) is 17.2 Å². The molecule has 4 rings (SSSR count). The summed E-state index contributed by atoms with van der Waals surface area (Å²) >= 11 is 0. The number of hydrogen-bond donors (Lipinski definition) is 1. The number of hydrogen-bond acceptors (Lipinski definition) is 4. The van der Waals surface area contributed by atoms with Gasteiger partial charge in [0.15, 0.2) is 11.5 Å². The molecule has 2 aromatic carbocycles. The highest BCUT2D eigenvalue weighted by Gasteiger charge is 2.15. The second-order valence-electron chi connectivity index (χ2n) is 5.97. The highest BCUT2D eigenvalue weighted by Crippen LogP contribution is 2.31. The quantitative estimate of drug-likeness (QED) is 0.587. The molecule has 4 aromatic rings. The summed E-state index contributed by atoms with van der Waals surface area (Å²) in [5.74, 6) is 1.71. The summed E-state index contributed by atoms with van der Waals surface area (Å²) in [7, 11) is 3.47. The average molecular weight is 362 g/mol. The van der Waals surface area contributed by atoms with Gasteiger partial charge < -0.3 is 19.4 Å². The fraction of sp³-hybridized carbons (Fsp3) is 0.100. The number of rotatable bonds is 5. The van der Waals surface area contributed by atoms with E-state index in [1.807, 2.05) is 42.1 Å². The van der Waals surface area contributed by atoms with Gasteiger partial charge in [0.25, 0.3) is 5.91 Å². The number of fused-ring (bicyclic) bond motifs is 1. The van der Waals surface area contributed by atoms with Gasteiger partial charge in [0.2, 0.25) is 0 Å². The maximum Gasteiger partial charge on any atom is 0.261 e. The van der Waals surface area contributed by atoms with Crippen LogP contribution in [0.2, 0.25) is 0 Å². The van der Waals surface area contributed by atoms with Crippen LogP contribution in [0.4, 0.5) is 5.69 Å². The number of carbonyl (C=O) groups is 1. The Bertz CT molecular complexity index is 1100. The van der Waals surface area contributed by atoms with Crippen molar-refractivity contribution in [2.45, 2.75) is 0 Å². The highest BCUT2D eigenvalue weighted by atomic mass is 16.5. The van der Waals surface area contributed by atoms with Crippen molar-refractivity contribution in [2.24, 2.45) is 7.05 Å². The number of nitrogens with one attached hydrogen (secondary N) is 1. The summed E-state index contributed by atoms with van der Waals surface area (Å²) in [4.78, 5) is 12.6. The number of imidazole rings is 1. The largest absolute Gasteiger partial charge is 0.493 e. The van der Waals surface area contributed by atoms with Gasteiger partial charge in [-0.05, 0) is 36.4 Å². The Balaban J connectivity index is 1.49. The normalized spacial score (nSPS) is 10.7. The third-order valence-electron chi connectivity index (χ3n) is 4.19. The van der Waals surface area contributed by atoms with Crippen LogP contribution in [-0.2, 0) is 7.05 Å². The van der Waals surface area contributed by atoms with Crippen LogP contribution in [0.1, 0.15) is 10.4 Å². The van der Waals surface area contributed by atoms with Crippen molar-refractivity contribution in [1.82, 2.24) is 14.2 Å². The molecule has 136 valence electrons. The Labute approximate surface area is 155 Å². The highest BCUT2D eigenvalue weighted by molar-refractivity contribution is 6.08. The number of para-hydroxylation sites is 2. The molecule has 27 heavy (non-hydrogen) atoms. The van der Waals surface area contributed by atoms with Crippen molar-refractivity contribution < 1.29 is 14.3 Å². The first-order valence-electron chi connectivity index (χ1n) is 8.36. The molecule has 0 aliphatic carbocycles. The zero-order valence-corrected chi connectivity index (χ0v) is 14.9. The Hall–Kier alpha value is -3.74. The number of carbonyl (C=O) groups excluding carboxylic acids is 1. The van der Waals surface area contributed by atoms with Crippen molar-refractivity contribution >= 4 is 17.2 Å². The molecule has 0 bridgehead atoms. The topological polar surface area (TPSA) is 69.8 Å². The van der Waals surface area contributed by atoms with Gasteiger partial charge in [-0.2, -0.15) is 5.10 Å². The van der Waals surface area contributed by atoms with Crippen LogP contribution < -0.4 is 14.8 Å². The molecule has 0 atom stereocenters. The number of nitrogens with zero attached hydrogens (tertiary/aromatic N) is 3. The fourth-order valence-corrected chi connectivity index (χ4v) is 2.85. The molecule has 0 fully saturated rings. The first-order valence-corrected chi connectivity index (χ1v) is 8.36. The lowest BCUT2D eigenvalue weighted by Gasteiger charge is -2.10. The minimum atomic E-state index is -0.217. The Morgan fingerprint density at radius 2 is 1.78 bits per heavy atom. The molecule has 0 saturated carbocycles. The molecule has 0 aliphatic heterocycles. The SMILES string of the molecule is COc1ccccc1Oc1ccc(NC(=O)c2cnn3ccn(C)c23)cc1. The molecule has 0 saturated heterocycles. The van der Waals surface area contributed by atoms with Gasteiger partial charge in [0.05, 0.1) is 13.3 Å². The van der Waals surface area contributed by atoms with Crippen molar-refractivity contribution in [3.8, 4) is 17.2 Å². The first-order chi connectivity index (χ1) is 13.2. The van der Waals surface area contributed by atoms with E-state index in [4.69, 9.17) is 9.47 Å². The number of ether oxygens (including phenoxy) is 2. The van der Waals surface area contributed by atoms with E-state index >= 15 is 0 Å². The molecule has 7 heteroatoms. The smallest absolute Gasteiger partial charge is 0.261 e. The van der Waals surface area contributed by atoms with Crippen LogP contribution in [0.15, 0.2) is 67.1 Å². The lowest BCUT2D eigenvalue weighted by Crippen LogP contribution is -2.12. The molecule has 2 heterocycles. The third-order valence-corrected chi connectivity index (χ3v) is 4.19. The van der Waals surface area contributed by atoms with Crippen LogP contribution in [0.3, 0.4) is 0 Å². The summed E-state index contributed by atoms with van der Waals surface area (Å²) in [6.07, 6.45) is 5.21. The third kappa shape index (κ3) is 3.22. The molecular weight excluding hydrogens is 344 g/mol. The average Bonchev–Trinajstić information content (AvgIpc) is 3.27. The van der Waals surface area contributed by atoms with E-state index < -0.39 is 0 Å². The zero-order chi connectivity index (χ0) is 18.8. The monoisotopic (exact) mass is 362 g/mol. The van der Waals surface area contributed by atoms with Gasteiger partial charge in [-0.1, -0.05) is 12.1 Å². The number of aromatic nitrogens is 3. The van der Waals surface area contributed by atoms with Gasteiger partial charge in [-0.3, -0.25) is 4.79 Å². The number of anilines is 1. The molecule has 1 N–H and O–H groups in total. The van der Waals surface area contributed by atoms with Crippen molar-refractivity contribution in [3.63, 3.8) is 0 Å². The maximum atomic E-state index is 12.6. The summed E-state index contributed by atoms with van der Waals surface area (Å²) in [6.45, 7) is 0. The standard InChI is InChI=1S/C20H18N4O3/c1-23-11-12-24-20(23)16(13-21-24)19(25)22-14-7-9-15(10-8-14)27-18-6-4-3-5-17(18)26-2/h3-13H,1-2H3,(H,22,25). The summed E-state index contributed by atoms with van der Waals surface area (Å²) in [5.41, 5.74) is 1.92. The Kier molecular flexibility index (Phi) is 4.25. The molecule has 0 unspecified atom stereocenters. The van der Waals surface area contributed by atoms with E-state index in [1.54, 1.807) is 48.3 Å². The van der Waals surface area contributed by atoms with Gasteiger partial charge in [-0.25, -0.2) is 4.52 Å². The van der Waals surface area contributed by atoms with Gasteiger partial charge in [0.1, 0.15) is 17.0 Å². The molecule has 0 radical (unpaired) electrons. The van der Waals surface area contributed by atoms with E-state index in [9.17, 15) is 4.79 Å². The molecule has 2 aromatic heterocycles. The summed E-state index contributed by atoms with van der Waals surface area (Å²) < 4.78 is 14.6. The first kappa shape index (κ1) is 16.7. The van der Waals surface area contributed by atoms with Crippen molar-refractivity contribution in [3.05, 3.63) is 72.7 Å². The van der Waals surface area contributed by atoms with Crippen LogP contribution in [0, 0.1) is 0 Å². The van der Waals surface area contributed by atoms with E-state index in [0.717, 1.165) is 5.65 Å². The Morgan fingerprint density at radius 3 is 2.52 bits per heavy atom. The van der Waals surface area contributed by atoms with E-state index in [2.05, 4.69) is 10.4 Å². The minimum absolute atomic E-state index is 0.217. The predicted molar refractivity (Wildman–Crippen MR) is 102 cm³/mol. The number of amides is 1. The zero-order valence-electron chi connectivity index (χ0n) is 14.9. The van der Waals surface area contributed by atoms with Gasteiger partial charge >= 0.3 is 0 Å². The van der Waals surface area contributed by atoms with Crippen LogP contribution in [-0.4, -0.2) is 27.2 Å². The second-order valence-corrected chi connectivity index (χ2v) is 5.97. The van der Waals surface area contributed by atoms with Crippen molar-refractivity contribution in [2.75, 3.05) is 12.4 Å². The second kappa shape index (κ2) is 6.87. The summed E-state index contributed by atoms with van der Waals surface area (Å²) in [5, 5.41) is 7.06. The fourth-order valence-electron chi connectivity index (χ4n) is 2.85. The molecular formula is C20H18N4O3. The lowest BCUT2D eigenvalue weighted by atomic mass is 10.2. The van der Waals surface area contributed by atoms with E-state index in [1.165, 1.54) is 0 Å². The predicted octanol–water partition coefficient (Wildman–Crippen LogP) is 3.73. The van der Waals surface area contributed by atoms with Gasteiger partial charge in [0, 0.05) is 25.1 Å². The lowest BCUT2D eigenvalue weighted by molar-refractivity contribution is 0.102. The number of aryl methyl sites for hydroxylation is 1. The molecule has 0 spiro atoms. The maximum absolute atomic E-state index is 12.6. The van der Waals surface area contributed by atoms with Gasteiger partial charge in [-0.15, -0.1) is 0 Å². The number of methoxy groups -OCH3 is 1. The van der Waals surface area contributed by atoms with E-state index in [-0.39, 0.29) is 5.91 Å². The molecule has 0 aliphatic rings. The summed E-state index contributed by atoms with van der Waals surface area (Å²) in [6, 6.07) is 14.6. The Morgan fingerprint density at radius 1 is 1.04 bits per heavy atom. The minimum Gasteiger partial charge on any atom is -0.493 e. The molecule has 1 amide bonds. The van der Waals surface area contributed by atoms with Crippen LogP contribution in [0.25, 0.3) is 5.65 Å². The van der Waals surface area contributed by atoms with Crippen LogP contribution >= 0.6 is 0 Å². The van der Waals surface area contributed by atoms with Crippen molar-refractivity contribution in [1.29, 1.82) is 0 Å². The number of benzene rings is 2. The van der Waals surface area contributed by atoms with E-state index in [0.29, 0.717) is 28.5 Å².